The number of rotatable bonds is 14. The standard InChI is InChI=1S/C20H28N6O7/c21-12(8-11-4-2-1-3-5-11)18(30)26-14(9-16(23)28)19(31)24-10-17(29)25-13(20(32)33)6-7-15(22)27/h1-5,12-14H,6-10,21H2,(H2,22,27)(H2,23,28)(H,24,31)(H,25,29)(H,26,30)(H,32,33). The van der Waals surface area contributed by atoms with E-state index < -0.39 is 66.6 Å². The van der Waals surface area contributed by atoms with E-state index in [9.17, 15) is 28.8 Å². The van der Waals surface area contributed by atoms with E-state index in [1.54, 1.807) is 30.3 Å². The summed E-state index contributed by atoms with van der Waals surface area (Å²) in [6.45, 7) is -0.652. The number of carboxylic acid groups (broad SMARTS) is 1. The number of nitrogens with two attached hydrogens (primary N) is 3. The molecule has 0 aliphatic carbocycles. The van der Waals surface area contributed by atoms with E-state index in [-0.39, 0.29) is 19.3 Å². The topological polar surface area (TPSA) is 237 Å². The molecule has 3 unspecified atom stereocenters. The van der Waals surface area contributed by atoms with Crippen LogP contribution in [-0.2, 0) is 35.2 Å². The van der Waals surface area contributed by atoms with E-state index in [0.717, 1.165) is 5.56 Å². The number of primary amides is 2. The van der Waals surface area contributed by atoms with Crippen LogP contribution in [0.15, 0.2) is 30.3 Å². The van der Waals surface area contributed by atoms with Gasteiger partial charge in [-0.3, -0.25) is 24.0 Å². The summed E-state index contributed by atoms with van der Waals surface area (Å²) in [6.07, 6.45) is -0.862. The Balaban J connectivity index is 2.66. The van der Waals surface area contributed by atoms with Gasteiger partial charge in [0.15, 0.2) is 0 Å². The van der Waals surface area contributed by atoms with E-state index in [1.165, 1.54) is 0 Å². The minimum Gasteiger partial charge on any atom is -0.480 e. The highest BCUT2D eigenvalue weighted by Gasteiger charge is 2.26. The molecule has 0 bridgehead atoms. The second-order valence-electron chi connectivity index (χ2n) is 7.21. The Hall–Kier alpha value is -4.00. The molecule has 0 saturated heterocycles. The van der Waals surface area contributed by atoms with Crippen LogP contribution in [0.5, 0.6) is 0 Å². The number of amides is 5. The van der Waals surface area contributed by atoms with Crippen LogP contribution in [0.4, 0.5) is 0 Å². The van der Waals surface area contributed by atoms with Gasteiger partial charge in [0.05, 0.1) is 19.0 Å². The lowest BCUT2D eigenvalue weighted by Gasteiger charge is -2.20. The maximum Gasteiger partial charge on any atom is 0.326 e. The lowest BCUT2D eigenvalue weighted by Crippen LogP contribution is -2.54. The van der Waals surface area contributed by atoms with Crippen molar-refractivity contribution in [1.29, 1.82) is 0 Å². The third kappa shape index (κ3) is 10.7. The van der Waals surface area contributed by atoms with Gasteiger partial charge < -0.3 is 38.3 Å². The maximum absolute atomic E-state index is 12.4. The fourth-order valence-electron chi connectivity index (χ4n) is 2.73. The van der Waals surface area contributed by atoms with Gasteiger partial charge in [-0.25, -0.2) is 4.79 Å². The summed E-state index contributed by atoms with van der Waals surface area (Å²) >= 11 is 0. The molecule has 0 saturated carbocycles. The van der Waals surface area contributed by atoms with Gasteiger partial charge in [-0.15, -0.1) is 0 Å². The van der Waals surface area contributed by atoms with Crippen molar-refractivity contribution in [3.8, 4) is 0 Å². The summed E-state index contributed by atoms with van der Waals surface area (Å²) in [6, 6.07) is 5.10. The second-order valence-corrected chi connectivity index (χ2v) is 7.21. The quantitative estimate of drug-likeness (QED) is 0.148. The Morgan fingerprint density at radius 1 is 0.879 bits per heavy atom. The molecule has 0 fully saturated rings. The van der Waals surface area contributed by atoms with Crippen LogP contribution in [0, 0.1) is 0 Å². The van der Waals surface area contributed by atoms with Crippen molar-refractivity contribution in [2.45, 2.75) is 43.8 Å². The minimum absolute atomic E-state index is 0.182. The minimum atomic E-state index is -1.39. The summed E-state index contributed by atoms with van der Waals surface area (Å²) < 4.78 is 0. The highest BCUT2D eigenvalue weighted by Crippen LogP contribution is 2.03. The van der Waals surface area contributed by atoms with Crippen LogP contribution in [0.25, 0.3) is 0 Å². The number of aliphatic carboxylic acids is 1. The Morgan fingerprint density at radius 2 is 1.52 bits per heavy atom. The molecule has 0 radical (unpaired) electrons. The monoisotopic (exact) mass is 464 g/mol. The number of carbonyl (C=O) groups excluding carboxylic acids is 5. The Morgan fingerprint density at radius 3 is 2.06 bits per heavy atom. The second kappa shape index (κ2) is 13.4. The normalized spacial score (nSPS) is 13.1. The van der Waals surface area contributed by atoms with Gasteiger partial charge in [-0.2, -0.15) is 0 Å². The summed E-state index contributed by atoms with van der Waals surface area (Å²) in [7, 11) is 0. The average molecular weight is 464 g/mol. The Bertz CT molecular complexity index is 877. The van der Waals surface area contributed by atoms with Crippen molar-refractivity contribution in [3.05, 3.63) is 35.9 Å². The molecular weight excluding hydrogens is 436 g/mol. The Kier molecular flexibility index (Phi) is 11.0. The number of benzene rings is 1. The molecule has 5 amide bonds. The fourth-order valence-corrected chi connectivity index (χ4v) is 2.73. The fraction of sp³-hybridized carbons (Fsp3) is 0.400. The molecule has 0 spiro atoms. The van der Waals surface area contributed by atoms with E-state index in [1.807, 2.05) is 0 Å². The van der Waals surface area contributed by atoms with Gasteiger partial charge in [0.1, 0.15) is 12.1 Å². The lowest BCUT2D eigenvalue weighted by atomic mass is 10.1. The molecule has 1 aromatic carbocycles. The first-order valence-electron chi connectivity index (χ1n) is 9.96. The lowest BCUT2D eigenvalue weighted by molar-refractivity contribution is -0.142. The van der Waals surface area contributed by atoms with Crippen LogP contribution < -0.4 is 33.2 Å². The van der Waals surface area contributed by atoms with Crippen LogP contribution in [0.2, 0.25) is 0 Å². The molecule has 0 heterocycles. The van der Waals surface area contributed by atoms with E-state index in [0.29, 0.717) is 0 Å². The van der Waals surface area contributed by atoms with Crippen molar-refractivity contribution in [2.24, 2.45) is 17.2 Å². The molecule has 0 aliphatic rings. The van der Waals surface area contributed by atoms with Crippen molar-refractivity contribution in [2.75, 3.05) is 6.54 Å². The van der Waals surface area contributed by atoms with E-state index >= 15 is 0 Å². The average Bonchev–Trinajstić information content (AvgIpc) is 2.74. The first-order chi connectivity index (χ1) is 15.5. The zero-order chi connectivity index (χ0) is 25.0. The summed E-state index contributed by atoms with van der Waals surface area (Å²) in [5, 5.41) is 15.7. The molecule has 10 N–H and O–H groups in total. The van der Waals surface area contributed by atoms with Gasteiger partial charge >= 0.3 is 5.97 Å². The predicted molar refractivity (Wildman–Crippen MR) is 115 cm³/mol. The maximum atomic E-state index is 12.4. The van der Waals surface area contributed by atoms with Gasteiger partial charge in [-0.1, -0.05) is 30.3 Å². The van der Waals surface area contributed by atoms with Gasteiger partial charge in [0.2, 0.25) is 29.5 Å². The SMILES string of the molecule is NC(=O)CCC(NC(=O)CNC(=O)C(CC(N)=O)NC(=O)C(N)Cc1ccccc1)C(=O)O. The van der Waals surface area contributed by atoms with Crippen molar-refractivity contribution in [3.63, 3.8) is 0 Å². The third-order valence-corrected chi connectivity index (χ3v) is 4.41. The molecule has 13 nitrogen and oxygen atoms in total. The molecule has 1 aromatic rings. The zero-order valence-corrected chi connectivity index (χ0v) is 17.8. The molecule has 33 heavy (non-hydrogen) atoms. The summed E-state index contributed by atoms with van der Waals surface area (Å²) in [4.78, 5) is 70.1. The molecule has 3 atom stereocenters. The first kappa shape index (κ1) is 27.0. The van der Waals surface area contributed by atoms with Crippen LogP contribution in [0.1, 0.15) is 24.8 Å². The van der Waals surface area contributed by atoms with Crippen molar-refractivity contribution < 1.29 is 33.9 Å². The largest absolute Gasteiger partial charge is 0.480 e. The molecule has 0 aliphatic heterocycles. The number of carbonyl (C=O) groups is 6. The highest BCUT2D eigenvalue weighted by atomic mass is 16.4. The summed E-state index contributed by atoms with van der Waals surface area (Å²) in [5.41, 5.74) is 16.8. The number of hydrogen-bond acceptors (Lipinski definition) is 7. The highest BCUT2D eigenvalue weighted by molar-refractivity contribution is 5.95. The van der Waals surface area contributed by atoms with Crippen molar-refractivity contribution in [1.82, 2.24) is 16.0 Å². The zero-order valence-electron chi connectivity index (χ0n) is 17.8. The van der Waals surface area contributed by atoms with E-state index in [2.05, 4.69) is 16.0 Å². The molecule has 0 aromatic heterocycles. The Labute approximate surface area is 189 Å². The number of nitrogens with one attached hydrogen (secondary N) is 3. The summed E-state index contributed by atoms with van der Waals surface area (Å²) in [5.74, 6) is -5.48. The predicted octanol–water partition coefficient (Wildman–Crippen LogP) is -3.13. The molecular formula is C20H28N6O7. The molecule has 13 heteroatoms. The van der Waals surface area contributed by atoms with Crippen molar-refractivity contribution >= 4 is 35.5 Å². The van der Waals surface area contributed by atoms with Gasteiger partial charge in [-0.05, 0) is 18.4 Å². The van der Waals surface area contributed by atoms with Gasteiger partial charge in [0, 0.05) is 6.42 Å². The van der Waals surface area contributed by atoms with Gasteiger partial charge in [0.25, 0.3) is 0 Å². The molecule has 1 rings (SSSR count). The third-order valence-electron chi connectivity index (χ3n) is 4.41. The van der Waals surface area contributed by atoms with Crippen LogP contribution in [0.3, 0.4) is 0 Å². The first-order valence-corrected chi connectivity index (χ1v) is 9.96. The van der Waals surface area contributed by atoms with Crippen LogP contribution in [-0.4, -0.2) is 65.3 Å². The molecule has 180 valence electrons. The van der Waals surface area contributed by atoms with E-state index in [4.69, 9.17) is 22.3 Å². The smallest absolute Gasteiger partial charge is 0.326 e. The number of carboxylic acids is 1. The number of hydrogen-bond donors (Lipinski definition) is 7. The van der Waals surface area contributed by atoms with Crippen LogP contribution >= 0.6 is 0 Å².